The molecule has 2 aromatic heterocycles. The number of primary amides is 1. The number of amides is 3. The second-order valence-electron chi connectivity index (χ2n) is 7.53. The number of aromatic amines is 1. The lowest BCUT2D eigenvalue weighted by Gasteiger charge is -2.04. The number of H-pyrrole nitrogens is 1. The molecule has 0 spiro atoms. The second kappa shape index (κ2) is 6.18. The molecular weight excluding hydrogens is 380 g/mol. The Balaban J connectivity index is 1.80. The van der Waals surface area contributed by atoms with Gasteiger partial charge in [-0.05, 0) is 30.7 Å². The molecule has 148 valence electrons. The molecule has 0 aliphatic carbocycles. The van der Waals surface area contributed by atoms with Gasteiger partial charge in [0, 0.05) is 57.9 Å². The van der Waals surface area contributed by atoms with Crippen LogP contribution in [-0.4, -0.2) is 27.3 Å². The SMILES string of the molecule is Cc1ccc2c(C3=C(c4c[nH]c5cc(C(N)=O)ccc45)C(=O)NC3=O)cn(C)c2c1. The van der Waals surface area contributed by atoms with Crippen molar-refractivity contribution in [2.24, 2.45) is 12.8 Å². The number of fused-ring (bicyclic) bond motifs is 2. The first-order valence-corrected chi connectivity index (χ1v) is 9.42. The molecule has 0 saturated carbocycles. The van der Waals surface area contributed by atoms with E-state index in [0.29, 0.717) is 33.4 Å². The number of nitrogens with zero attached hydrogens (tertiary/aromatic N) is 1. The van der Waals surface area contributed by atoms with Gasteiger partial charge in [-0.15, -0.1) is 0 Å². The monoisotopic (exact) mass is 398 g/mol. The van der Waals surface area contributed by atoms with Crippen LogP contribution in [0.1, 0.15) is 27.0 Å². The number of nitrogens with two attached hydrogens (primary N) is 1. The fourth-order valence-electron chi connectivity index (χ4n) is 4.15. The van der Waals surface area contributed by atoms with Gasteiger partial charge >= 0.3 is 0 Å². The minimum Gasteiger partial charge on any atom is -0.366 e. The minimum atomic E-state index is -0.534. The fourth-order valence-corrected chi connectivity index (χ4v) is 4.15. The first-order chi connectivity index (χ1) is 14.3. The van der Waals surface area contributed by atoms with E-state index in [1.54, 1.807) is 24.4 Å². The van der Waals surface area contributed by atoms with Gasteiger partial charge in [0.2, 0.25) is 5.91 Å². The van der Waals surface area contributed by atoms with Crippen LogP contribution in [0.5, 0.6) is 0 Å². The van der Waals surface area contributed by atoms with E-state index < -0.39 is 17.7 Å². The molecule has 0 fully saturated rings. The molecule has 1 aliphatic rings. The van der Waals surface area contributed by atoms with E-state index in [4.69, 9.17) is 5.73 Å². The zero-order valence-electron chi connectivity index (χ0n) is 16.4. The third-order valence-corrected chi connectivity index (χ3v) is 5.58. The Bertz CT molecular complexity index is 1450. The Hall–Kier alpha value is -4.13. The summed E-state index contributed by atoms with van der Waals surface area (Å²) in [4.78, 5) is 40.2. The molecule has 0 radical (unpaired) electrons. The molecular formula is C23H18N4O3. The van der Waals surface area contributed by atoms with Crippen LogP contribution in [0, 0.1) is 6.92 Å². The number of imide groups is 1. The lowest BCUT2D eigenvalue weighted by Crippen LogP contribution is -2.22. The van der Waals surface area contributed by atoms with E-state index in [9.17, 15) is 14.4 Å². The van der Waals surface area contributed by atoms with Crippen LogP contribution < -0.4 is 11.1 Å². The quantitative estimate of drug-likeness (QED) is 0.462. The van der Waals surface area contributed by atoms with Crippen molar-refractivity contribution in [3.63, 3.8) is 0 Å². The van der Waals surface area contributed by atoms with Gasteiger partial charge in [0.15, 0.2) is 0 Å². The standard InChI is InChI=1S/C23H18N4O3/c1-11-3-5-14-16(10-27(2)18(14)7-11)20-19(22(29)26-23(20)30)15-9-25-17-8-12(21(24)28)4-6-13(15)17/h3-10,25H,1-2H3,(H2,24,28)(H,26,29,30). The highest BCUT2D eigenvalue weighted by Gasteiger charge is 2.34. The van der Waals surface area contributed by atoms with Gasteiger partial charge in [-0.25, -0.2) is 0 Å². The number of aromatic nitrogens is 2. The highest BCUT2D eigenvalue weighted by molar-refractivity contribution is 6.50. The summed E-state index contributed by atoms with van der Waals surface area (Å²) in [5.74, 6) is -1.40. The Kier molecular flexibility index (Phi) is 3.70. The van der Waals surface area contributed by atoms with Crippen molar-refractivity contribution in [2.75, 3.05) is 0 Å². The predicted octanol–water partition coefficient (Wildman–Crippen LogP) is 2.63. The van der Waals surface area contributed by atoms with Crippen molar-refractivity contribution >= 4 is 50.7 Å². The maximum absolute atomic E-state index is 12.8. The predicted molar refractivity (Wildman–Crippen MR) is 114 cm³/mol. The molecule has 7 nitrogen and oxygen atoms in total. The molecule has 2 aromatic carbocycles. The van der Waals surface area contributed by atoms with Gasteiger partial charge in [-0.1, -0.05) is 18.2 Å². The summed E-state index contributed by atoms with van der Waals surface area (Å²) in [5, 5.41) is 4.06. The first kappa shape index (κ1) is 17.9. The van der Waals surface area contributed by atoms with E-state index in [-0.39, 0.29) is 0 Å². The van der Waals surface area contributed by atoms with Crippen molar-refractivity contribution in [3.05, 3.63) is 71.0 Å². The molecule has 1 aliphatic heterocycles. The summed E-state index contributed by atoms with van der Waals surface area (Å²) in [7, 11) is 1.91. The third-order valence-electron chi connectivity index (χ3n) is 5.58. The van der Waals surface area contributed by atoms with E-state index in [1.807, 2.05) is 42.9 Å². The smallest absolute Gasteiger partial charge is 0.259 e. The molecule has 0 bridgehead atoms. The molecule has 5 rings (SSSR count). The topological polar surface area (TPSA) is 110 Å². The number of nitrogens with one attached hydrogen (secondary N) is 2. The van der Waals surface area contributed by atoms with Gasteiger partial charge in [-0.2, -0.15) is 0 Å². The average Bonchev–Trinajstić information content (AvgIpc) is 3.34. The Labute approximate surface area is 171 Å². The van der Waals surface area contributed by atoms with Gasteiger partial charge in [0.1, 0.15) is 0 Å². The number of benzene rings is 2. The number of aryl methyl sites for hydroxylation is 2. The molecule has 3 heterocycles. The molecule has 3 amide bonds. The van der Waals surface area contributed by atoms with Crippen LogP contribution in [0.3, 0.4) is 0 Å². The molecule has 7 heteroatoms. The third kappa shape index (κ3) is 2.49. The summed E-state index contributed by atoms with van der Waals surface area (Å²) in [6, 6.07) is 11.0. The number of hydrogen-bond donors (Lipinski definition) is 3. The van der Waals surface area contributed by atoms with Crippen LogP contribution in [0.4, 0.5) is 0 Å². The largest absolute Gasteiger partial charge is 0.366 e. The van der Waals surface area contributed by atoms with Crippen molar-refractivity contribution in [2.45, 2.75) is 6.92 Å². The van der Waals surface area contributed by atoms with Crippen LogP contribution in [-0.2, 0) is 16.6 Å². The number of carbonyl (C=O) groups is 3. The first-order valence-electron chi connectivity index (χ1n) is 9.42. The Morgan fingerprint density at radius 3 is 2.40 bits per heavy atom. The molecule has 4 aromatic rings. The summed E-state index contributed by atoms with van der Waals surface area (Å²) < 4.78 is 1.95. The molecule has 4 N–H and O–H groups in total. The molecule has 30 heavy (non-hydrogen) atoms. The van der Waals surface area contributed by atoms with Gasteiger partial charge in [-0.3, -0.25) is 19.7 Å². The van der Waals surface area contributed by atoms with Crippen LogP contribution in [0.25, 0.3) is 33.0 Å². The fraction of sp³-hybridized carbons (Fsp3) is 0.0870. The lowest BCUT2D eigenvalue weighted by atomic mass is 9.95. The summed E-state index contributed by atoms with van der Waals surface area (Å²) in [6.45, 7) is 2.01. The minimum absolute atomic E-state index is 0.311. The number of carbonyl (C=O) groups excluding carboxylic acids is 3. The van der Waals surface area contributed by atoms with Crippen molar-refractivity contribution in [1.82, 2.24) is 14.9 Å². The average molecular weight is 398 g/mol. The lowest BCUT2D eigenvalue weighted by molar-refractivity contribution is -0.122. The Morgan fingerprint density at radius 1 is 0.967 bits per heavy atom. The summed E-state index contributed by atoms with van der Waals surface area (Å²) in [5.41, 5.74) is 10.4. The van der Waals surface area contributed by atoms with Gasteiger partial charge in [0.25, 0.3) is 11.8 Å². The van der Waals surface area contributed by atoms with Crippen molar-refractivity contribution < 1.29 is 14.4 Å². The van der Waals surface area contributed by atoms with Crippen molar-refractivity contribution in [1.29, 1.82) is 0 Å². The number of rotatable bonds is 3. The van der Waals surface area contributed by atoms with E-state index in [0.717, 1.165) is 21.9 Å². The zero-order chi connectivity index (χ0) is 21.2. The number of hydrogen-bond acceptors (Lipinski definition) is 3. The highest BCUT2D eigenvalue weighted by Crippen LogP contribution is 2.38. The molecule has 0 atom stereocenters. The van der Waals surface area contributed by atoms with E-state index in [2.05, 4.69) is 10.3 Å². The maximum Gasteiger partial charge on any atom is 0.259 e. The van der Waals surface area contributed by atoms with Crippen LogP contribution in [0.15, 0.2) is 48.8 Å². The second-order valence-corrected chi connectivity index (χ2v) is 7.53. The van der Waals surface area contributed by atoms with Crippen molar-refractivity contribution in [3.8, 4) is 0 Å². The van der Waals surface area contributed by atoms with Gasteiger partial charge in [0.05, 0.1) is 11.1 Å². The normalized spacial score (nSPS) is 14.2. The Morgan fingerprint density at radius 2 is 1.67 bits per heavy atom. The summed E-state index contributed by atoms with van der Waals surface area (Å²) >= 11 is 0. The highest BCUT2D eigenvalue weighted by atomic mass is 16.2. The molecule has 0 saturated heterocycles. The molecule has 0 unspecified atom stereocenters. The van der Waals surface area contributed by atoms with E-state index in [1.165, 1.54) is 0 Å². The summed E-state index contributed by atoms with van der Waals surface area (Å²) in [6.07, 6.45) is 3.55. The van der Waals surface area contributed by atoms with Gasteiger partial charge < -0.3 is 15.3 Å². The van der Waals surface area contributed by atoms with Crippen LogP contribution >= 0.6 is 0 Å². The maximum atomic E-state index is 12.8. The van der Waals surface area contributed by atoms with Crippen LogP contribution in [0.2, 0.25) is 0 Å². The zero-order valence-corrected chi connectivity index (χ0v) is 16.4. The van der Waals surface area contributed by atoms with E-state index >= 15 is 0 Å².